The fraction of sp³-hybridized carbons (Fsp3) is 0.500. The Hall–Kier alpha value is -1.17. The molecule has 2 atom stereocenters. The average Bonchev–Trinajstić information content (AvgIpc) is 2.32. The van der Waals surface area contributed by atoms with E-state index in [0.717, 1.165) is 5.56 Å². The number of fused-ring (bicyclic) bond motifs is 1. The zero-order valence-electron chi connectivity index (χ0n) is 9.69. The summed E-state index contributed by atoms with van der Waals surface area (Å²) in [6.07, 6.45) is -0.219. The number of ether oxygens (including phenoxy) is 3. The minimum absolute atomic E-state index is 0.219. The highest BCUT2D eigenvalue weighted by atomic mass is 19.1. The predicted octanol–water partition coefficient (Wildman–Crippen LogP) is 1.25. The lowest BCUT2D eigenvalue weighted by Crippen LogP contribution is -2.38. The van der Waals surface area contributed by atoms with E-state index in [9.17, 15) is 4.39 Å². The summed E-state index contributed by atoms with van der Waals surface area (Å²) in [6.45, 7) is 1.32. The van der Waals surface area contributed by atoms with Crippen molar-refractivity contribution in [1.29, 1.82) is 0 Å². The fourth-order valence-corrected chi connectivity index (χ4v) is 1.82. The molecule has 0 bridgehead atoms. The lowest BCUT2D eigenvalue weighted by molar-refractivity contribution is -0.0267. The Kier molecular flexibility index (Phi) is 3.93. The molecule has 0 aromatic heterocycles. The molecular formula is C12H16FNO3. The molecule has 94 valence electrons. The molecule has 0 spiro atoms. The molecule has 4 nitrogen and oxygen atoms in total. The molecule has 0 saturated heterocycles. The van der Waals surface area contributed by atoms with Gasteiger partial charge in [-0.25, -0.2) is 4.39 Å². The lowest BCUT2D eigenvalue weighted by atomic mass is 9.99. The molecule has 0 aliphatic carbocycles. The van der Waals surface area contributed by atoms with Gasteiger partial charge in [0.2, 0.25) is 0 Å². The monoisotopic (exact) mass is 241 g/mol. The summed E-state index contributed by atoms with van der Waals surface area (Å²) in [7, 11) is 1.61. The highest BCUT2D eigenvalue weighted by Gasteiger charge is 2.28. The Morgan fingerprint density at radius 1 is 1.47 bits per heavy atom. The van der Waals surface area contributed by atoms with Gasteiger partial charge in [0, 0.05) is 18.7 Å². The van der Waals surface area contributed by atoms with Crippen LogP contribution in [-0.2, 0) is 9.47 Å². The Morgan fingerprint density at radius 2 is 2.29 bits per heavy atom. The second-order valence-corrected chi connectivity index (χ2v) is 3.92. The van der Waals surface area contributed by atoms with Gasteiger partial charge in [0.15, 0.2) is 0 Å². The number of nitrogens with two attached hydrogens (primary N) is 1. The molecule has 0 unspecified atom stereocenters. The van der Waals surface area contributed by atoms with Gasteiger partial charge in [-0.15, -0.1) is 0 Å². The predicted molar refractivity (Wildman–Crippen MR) is 60.4 cm³/mol. The van der Waals surface area contributed by atoms with Crippen LogP contribution in [0.4, 0.5) is 4.39 Å². The van der Waals surface area contributed by atoms with E-state index in [0.29, 0.717) is 25.6 Å². The molecule has 1 aliphatic rings. The average molecular weight is 241 g/mol. The second kappa shape index (κ2) is 5.44. The third kappa shape index (κ3) is 2.74. The summed E-state index contributed by atoms with van der Waals surface area (Å²) >= 11 is 0. The maximum Gasteiger partial charge on any atom is 0.127 e. The lowest BCUT2D eigenvalue weighted by Gasteiger charge is -2.31. The molecule has 0 saturated carbocycles. The van der Waals surface area contributed by atoms with Gasteiger partial charge in [-0.2, -0.15) is 0 Å². The second-order valence-electron chi connectivity index (χ2n) is 3.92. The SMILES string of the molecule is COCCO[C@H]1COc2cc(F)ccc2[C@@H]1N. The molecule has 5 heteroatoms. The first-order chi connectivity index (χ1) is 8.22. The van der Waals surface area contributed by atoms with Crippen LogP contribution in [0.1, 0.15) is 11.6 Å². The van der Waals surface area contributed by atoms with Gasteiger partial charge in [-0.05, 0) is 6.07 Å². The summed E-state index contributed by atoms with van der Waals surface area (Å²) in [5.74, 6) is 0.179. The Labute approximate surface area is 99.5 Å². The molecule has 2 rings (SSSR count). The first-order valence-electron chi connectivity index (χ1n) is 5.50. The smallest absolute Gasteiger partial charge is 0.127 e. The third-order valence-electron chi connectivity index (χ3n) is 2.76. The van der Waals surface area contributed by atoms with Crippen LogP contribution in [0, 0.1) is 5.82 Å². The number of hydrogen-bond donors (Lipinski definition) is 1. The van der Waals surface area contributed by atoms with Crippen molar-refractivity contribution in [2.75, 3.05) is 26.9 Å². The standard InChI is InChI=1S/C12H16FNO3/c1-15-4-5-16-11-7-17-10-6-8(13)2-3-9(10)12(11)14/h2-3,6,11-12H,4-5,7,14H2,1H3/t11-,12-/m0/s1. The van der Waals surface area contributed by atoms with Gasteiger partial charge in [-0.1, -0.05) is 6.07 Å². The van der Waals surface area contributed by atoms with E-state index in [2.05, 4.69) is 0 Å². The first-order valence-corrected chi connectivity index (χ1v) is 5.50. The van der Waals surface area contributed by atoms with Crippen LogP contribution < -0.4 is 10.5 Å². The normalized spacial score (nSPS) is 23.0. The number of halogens is 1. The van der Waals surface area contributed by atoms with Crippen LogP contribution in [0.3, 0.4) is 0 Å². The minimum atomic E-state index is -0.324. The zero-order chi connectivity index (χ0) is 12.3. The number of rotatable bonds is 4. The van der Waals surface area contributed by atoms with Crippen LogP contribution in [0.25, 0.3) is 0 Å². The molecule has 1 aliphatic heterocycles. The van der Waals surface area contributed by atoms with Crippen LogP contribution >= 0.6 is 0 Å². The molecule has 1 heterocycles. The van der Waals surface area contributed by atoms with Crippen molar-refractivity contribution in [3.63, 3.8) is 0 Å². The van der Waals surface area contributed by atoms with Crippen molar-refractivity contribution in [2.24, 2.45) is 5.73 Å². The first kappa shape index (κ1) is 12.3. The summed E-state index contributed by atoms with van der Waals surface area (Å²) < 4.78 is 28.9. The summed E-state index contributed by atoms with van der Waals surface area (Å²) in [4.78, 5) is 0. The van der Waals surface area contributed by atoms with Gasteiger partial charge in [0.25, 0.3) is 0 Å². The van der Waals surface area contributed by atoms with Crippen LogP contribution in [0.15, 0.2) is 18.2 Å². The minimum Gasteiger partial charge on any atom is -0.490 e. The van der Waals surface area contributed by atoms with Crippen molar-refractivity contribution in [3.8, 4) is 5.75 Å². The molecule has 17 heavy (non-hydrogen) atoms. The molecule has 0 fully saturated rings. The van der Waals surface area contributed by atoms with Crippen molar-refractivity contribution >= 4 is 0 Å². The van der Waals surface area contributed by atoms with Crippen LogP contribution in [-0.4, -0.2) is 33.0 Å². The van der Waals surface area contributed by atoms with Gasteiger partial charge >= 0.3 is 0 Å². The zero-order valence-corrected chi connectivity index (χ0v) is 9.69. The van der Waals surface area contributed by atoms with Crippen molar-refractivity contribution in [1.82, 2.24) is 0 Å². The molecular weight excluding hydrogens is 225 g/mol. The highest BCUT2D eigenvalue weighted by molar-refractivity contribution is 5.38. The largest absolute Gasteiger partial charge is 0.490 e. The fourth-order valence-electron chi connectivity index (χ4n) is 1.82. The maximum atomic E-state index is 13.0. The van der Waals surface area contributed by atoms with Crippen molar-refractivity contribution in [2.45, 2.75) is 12.1 Å². The van der Waals surface area contributed by atoms with Gasteiger partial charge in [0.05, 0.1) is 19.3 Å². The maximum absolute atomic E-state index is 13.0. The molecule has 1 aromatic rings. The van der Waals surface area contributed by atoms with E-state index in [1.54, 1.807) is 13.2 Å². The van der Waals surface area contributed by atoms with E-state index in [1.807, 2.05) is 0 Å². The third-order valence-corrected chi connectivity index (χ3v) is 2.76. The summed E-state index contributed by atoms with van der Waals surface area (Å²) in [6, 6.07) is 4.07. The number of methoxy groups -OCH3 is 1. The number of benzene rings is 1. The van der Waals surface area contributed by atoms with E-state index >= 15 is 0 Å². The quantitative estimate of drug-likeness (QED) is 0.806. The molecule has 2 N–H and O–H groups in total. The van der Waals surface area contributed by atoms with E-state index in [1.165, 1.54) is 12.1 Å². The van der Waals surface area contributed by atoms with E-state index in [4.69, 9.17) is 19.9 Å². The van der Waals surface area contributed by atoms with Crippen molar-refractivity contribution < 1.29 is 18.6 Å². The Balaban J connectivity index is 2.05. The van der Waals surface area contributed by atoms with E-state index < -0.39 is 0 Å². The molecule has 0 amide bonds. The summed E-state index contributed by atoms with van der Waals surface area (Å²) in [5, 5.41) is 0. The molecule has 0 radical (unpaired) electrons. The Morgan fingerprint density at radius 3 is 3.06 bits per heavy atom. The highest BCUT2D eigenvalue weighted by Crippen LogP contribution is 2.32. The molecule has 1 aromatic carbocycles. The van der Waals surface area contributed by atoms with Crippen molar-refractivity contribution in [3.05, 3.63) is 29.6 Å². The van der Waals surface area contributed by atoms with Crippen LogP contribution in [0.2, 0.25) is 0 Å². The van der Waals surface area contributed by atoms with E-state index in [-0.39, 0.29) is 18.0 Å². The van der Waals surface area contributed by atoms with Gasteiger partial charge in [0.1, 0.15) is 24.3 Å². The van der Waals surface area contributed by atoms with Gasteiger partial charge < -0.3 is 19.9 Å². The van der Waals surface area contributed by atoms with Crippen LogP contribution in [0.5, 0.6) is 5.75 Å². The number of hydrogen-bond acceptors (Lipinski definition) is 4. The summed E-state index contributed by atoms with van der Waals surface area (Å²) in [5.41, 5.74) is 6.83. The Bertz CT molecular complexity index is 386. The topological polar surface area (TPSA) is 53.7 Å². The van der Waals surface area contributed by atoms with Gasteiger partial charge in [-0.3, -0.25) is 0 Å².